The maximum Gasteiger partial charge on any atom is 0.267 e. The highest BCUT2D eigenvalue weighted by molar-refractivity contribution is 5.87. The molecule has 0 unspecified atom stereocenters. The Hall–Kier alpha value is -1.20. The second-order valence-corrected chi connectivity index (χ2v) is 4.85. The SMILES string of the molecule is CC(C)(CC(=O)N1CCC(F)(F)C1)C(N)=O. The average molecular weight is 234 g/mol. The number of nitrogens with zero attached hydrogens (tertiary/aromatic N) is 1. The summed E-state index contributed by atoms with van der Waals surface area (Å²) in [5.41, 5.74) is 4.12. The largest absolute Gasteiger partial charge is 0.369 e. The van der Waals surface area contributed by atoms with Crippen LogP contribution in [-0.2, 0) is 9.59 Å². The molecule has 16 heavy (non-hydrogen) atoms. The van der Waals surface area contributed by atoms with Gasteiger partial charge in [-0.15, -0.1) is 0 Å². The maximum absolute atomic E-state index is 12.9. The number of rotatable bonds is 3. The number of carbonyl (C=O) groups excluding carboxylic acids is 2. The van der Waals surface area contributed by atoms with E-state index in [2.05, 4.69) is 0 Å². The van der Waals surface area contributed by atoms with Crippen LogP contribution in [0, 0.1) is 5.41 Å². The van der Waals surface area contributed by atoms with Gasteiger partial charge in [0.15, 0.2) is 0 Å². The normalized spacial score (nSPS) is 19.9. The Morgan fingerprint density at radius 3 is 2.38 bits per heavy atom. The van der Waals surface area contributed by atoms with E-state index in [4.69, 9.17) is 5.73 Å². The summed E-state index contributed by atoms with van der Waals surface area (Å²) in [5.74, 6) is -3.85. The zero-order chi connectivity index (χ0) is 12.6. The van der Waals surface area contributed by atoms with Crippen LogP contribution in [0.2, 0.25) is 0 Å². The standard InChI is InChI=1S/C10H16F2N2O2/c1-9(2,8(13)16)5-7(15)14-4-3-10(11,12)6-14/h3-6H2,1-2H3,(H2,13,16). The van der Waals surface area contributed by atoms with Crippen molar-refractivity contribution in [1.82, 2.24) is 4.90 Å². The molecule has 1 saturated heterocycles. The van der Waals surface area contributed by atoms with Gasteiger partial charge < -0.3 is 10.6 Å². The molecule has 92 valence electrons. The highest BCUT2D eigenvalue weighted by atomic mass is 19.3. The highest BCUT2D eigenvalue weighted by Crippen LogP contribution is 2.29. The summed E-state index contributed by atoms with van der Waals surface area (Å²) in [7, 11) is 0. The lowest BCUT2D eigenvalue weighted by atomic mass is 9.88. The molecule has 1 fully saturated rings. The Morgan fingerprint density at radius 2 is 2.00 bits per heavy atom. The number of nitrogens with two attached hydrogens (primary N) is 1. The summed E-state index contributed by atoms with van der Waals surface area (Å²) in [6.07, 6.45) is -0.436. The molecule has 1 aliphatic heterocycles. The molecule has 0 radical (unpaired) electrons. The molecule has 0 saturated carbocycles. The smallest absolute Gasteiger partial charge is 0.267 e. The fraction of sp³-hybridized carbons (Fsp3) is 0.800. The van der Waals surface area contributed by atoms with Crippen LogP contribution >= 0.6 is 0 Å². The monoisotopic (exact) mass is 234 g/mol. The number of carbonyl (C=O) groups is 2. The first kappa shape index (κ1) is 12.9. The van der Waals surface area contributed by atoms with E-state index in [1.54, 1.807) is 0 Å². The molecule has 1 rings (SSSR count). The molecule has 1 aliphatic rings. The third-order valence-corrected chi connectivity index (χ3v) is 2.78. The number of halogens is 2. The molecular formula is C10H16F2N2O2. The van der Waals surface area contributed by atoms with Crippen molar-refractivity contribution in [3.63, 3.8) is 0 Å². The summed E-state index contributed by atoms with van der Waals surface area (Å²) in [5, 5.41) is 0. The zero-order valence-corrected chi connectivity index (χ0v) is 9.43. The molecule has 6 heteroatoms. The third kappa shape index (κ3) is 2.90. The van der Waals surface area contributed by atoms with E-state index < -0.39 is 29.7 Å². The van der Waals surface area contributed by atoms with Crippen molar-refractivity contribution in [3.05, 3.63) is 0 Å². The summed E-state index contributed by atoms with van der Waals surface area (Å²) in [6, 6.07) is 0. The lowest BCUT2D eigenvalue weighted by Crippen LogP contribution is -2.39. The molecule has 0 aliphatic carbocycles. The van der Waals surface area contributed by atoms with Crippen molar-refractivity contribution in [2.24, 2.45) is 11.1 Å². The van der Waals surface area contributed by atoms with Gasteiger partial charge in [-0.3, -0.25) is 9.59 Å². The van der Waals surface area contributed by atoms with Crippen molar-refractivity contribution in [1.29, 1.82) is 0 Å². The zero-order valence-electron chi connectivity index (χ0n) is 9.43. The summed E-state index contributed by atoms with van der Waals surface area (Å²) < 4.78 is 25.7. The highest BCUT2D eigenvalue weighted by Gasteiger charge is 2.41. The van der Waals surface area contributed by atoms with Crippen LogP contribution in [0.15, 0.2) is 0 Å². The molecule has 0 aromatic rings. The van der Waals surface area contributed by atoms with E-state index >= 15 is 0 Å². The molecular weight excluding hydrogens is 218 g/mol. The van der Waals surface area contributed by atoms with Crippen LogP contribution in [0.3, 0.4) is 0 Å². The summed E-state index contributed by atoms with van der Waals surface area (Å²) in [4.78, 5) is 23.7. The van der Waals surface area contributed by atoms with Gasteiger partial charge in [0.1, 0.15) is 0 Å². The Labute approximate surface area is 92.8 Å². The van der Waals surface area contributed by atoms with Crippen LogP contribution in [0.4, 0.5) is 8.78 Å². The topological polar surface area (TPSA) is 63.4 Å². The van der Waals surface area contributed by atoms with Crippen molar-refractivity contribution >= 4 is 11.8 Å². The van der Waals surface area contributed by atoms with Crippen molar-refractivity contribution in [2.45, 2.75) is 32.6 Å². The lowest BCUT2D eigenvalue weighted by Gasteiger charge is -2.23. The van der Waals surface area contributed by atoms with Gasteiger partial charge in [-0.05, 0) is 0 Å². The van der Waals surface area contributed by atoms with Gasteiger partial charge in [-0.25, -0.2) is 8.78 Å². The number of alkyl halides is 2. The van der Waals surface area contributed by atoms with Crippen molar-refractivity contribution in [2.75, 3.05) is 13.1 Å². The molecule has 0 bridgehead atoms. The fourth-order valence-electron chi connectivity index (χ4n) is 1.53. The maximum atomic E-state index is 12.9. The van der Waals surface area contributed by atoms with Gasteiger partial charge in [-0.1, -0.05) is 13.8 Å². The molecule has 0 spiro atoms. The lowest BCUT2D eigenvalue weighted by molar-refractivity contribution is -0.138. The number of amides is 2. The third-order valence-electron chi connectivity index (χ3n) is 2.78. The molecule has 0 atom stereocenters. The number of primary amides is 1. The molecule has 2 N–H and O–H groups in total. The van der Waals surface area contributed by atoms with Crippen molar-refractivity contribution < 1.29 is 18.4 Å². The van der Waals surface area contributed by atoms with E-state index in [1.165, 1.54) is 13.8 Å². The van der Waals surface area contributed by atoms with E-state index in [9.17, 15) is 18.4 Å². The van der Waals surface area contributed by atoms with Crippen molar-refractivity contribution in [3.8, 4) is 0 Å². The molecule has 1 heterocycles. The van der Waals surface area contributed by atoms with E-state index in [1.807, 2.05) is 0 Å². The number of likely N-dealkylation sites (tertiary alicyclic amines) is 1. The van der Waals surface area contributed by atoms with Gasteiger partial charge in [0.2, 0.25) is 11.8 Å². The van der Waals surface area contributed by atoms with Crippen LogP contribution in [0.5, 0.6) is 0 Å². The second kappa shape index (κ2) is 3.99. The number of hydrogen-bond acceptors (Lipinski definition) is 2. The first-order valence-corrected chi connectivity index (χ1v) is 5.10. The van der Waals surface area contributed by atoms with Crippen LogP contribution in [0.25, 0.3) is 0 Å². The Morgan fingerprint density at radius 1 is 1.44 bits per heavy atom. The average Bonchev–Trinajstić information content (AvgIpc) is 2.45. The van der Waals surface area contributed by atoms with E-state index in [0.717, 1.165) is 4.90 Å². The first-order valence-electron chi connectivity index (χ1n) is 5.10. The van der Waals surface area contributed by atoms with Crippen LogP contribution in [0.1, 0.15) is 26.7 Å². The molecule has 2 amide bonds. The van der Waals surface area contributed by atoms with E-state index in [0.29, 0.717) is 0 Å². The number of hydrogen-bond donors (Lipinski definition) is 1. The predicted octanol–water partition coefficient (Wildman–Crippen LogP) is 0.756. The Bertz CT molecular complexity index is 316. The predicted molar refractivity (Wildman–Crippen MR) is 53.7 cm³/mol. The second-order valence-electron chi connectivity index (χ2n) is 4.85. The Balaban J connectivity index is 2.58. The van der Waals surface area contributed by atoms with Crippen LogP contribution in [-0.4, -0.2) is 35.7 Å². The quantitative estimate of drug-likeness (QED) is 0.783. The van der Waals surface area contributed by atoms with Gasteiger partial charge in [-0.2, -0.15) is 0 Å². The summed E-state index contributed by atoms with van der Waals surface area (Å²) in [6.45, 7) is 2.55. The summed E-state index contributed by atoms with van der Waals surface area (Å²) >= 11 is 0. The first-order chi connectivity index (χ1) is 7.14. The fourth-order valence-corrected chi connectivity index (χ4v) is 1.53. The van der Waals surface area contributed by atoms with Crippen LogP contribution < -0.4 is 5.73 Å². The molecule has 4 nitrogen and oxygen atoms in total. The van der Waals surface area contributed by atoms with Gasteiger partial charge >= 0.3 is 0 Å². The van der Waals surface area contributed by atoms with Gasteiger partial charge in [0.25, 0.3) is 5.92 Å². The molecule has 0 aromatic heterocycles. The minimum Gasteiger partial charge on any atom is -0.369 e. The minimum atomic E-state index is -2.80. The van der Waals surface area contributed by atoms with Gasteiger partial charge in [0.05, 0.1) is 12.0 Å². The minimum absolute atomic E-state index is 0.0423. The molecule has 0 aromatic carbocycles. The van der Waals surface area contributed by atoms with E-state index in [-0.39, 0.29) is 19.4 Å². The Kier molecular flexibility index (Phi) is 3.21. The van der Waals surface area contributed by atoms with Gasteiger partial charge in [0, 0.05) is 19.4 Å².